The van der Waals surface area contributed by atoms with E-state index in [1.807, 2.05) is 6.92 Å². The molecule has 4 heteroatoms. The molecule has 0 aromatic heterocycles. The predicted molar refractivity (Wildman–Crippen MR) is 80.4 cm³/mol. The average Bonchev–Trinajstić information content (AvgIpc) is 3.18. The molecule has 2 fully saturated rings. The van der Waals surface area contributed by atoms with Crippen LogP contribution in [0.1, 0.15) is 31.7 Å². The average molecular weight is 273 g/mol. The summed E-state index contributed by atoms with van der Waals surface area (Å²) < 4.78 is 0. The molecular weight excluding hydrogens is 250 g/mol. The lowest BCUT2D eigenvalue weighted by Crippen LogP contribution is -2.37. The highest BCUT2D eigenvalue weighted by molar-refractivity contribution is 5.82. The van der Waals surface area contributed by atoms with Crippen LogP contribution in [0.25, 0.3) is 0 Å². The number of nitrogens with zero attached hydrogens (tertiary/aromatic N) is 1. The fourth-order valence-electron chi connectivity index (χ4n) is 2.88. The van der Waals surface area contributed by atoms with Crippen LogP contribution in [0.4, 0.5) is 5.69 Å². The Labute approximate surface area is 120 Å². The number of rotatable bonds is 5. The summed E-state index contributed by atoms with van der Waals surface area (Å²) in [7, 11) is 0. The van der Waals surface area contributed by atoms with Crippen molar-refractivity contribution in [3.63, 3.8) is 0 Å². The number of primary amides is 1. The molecule has 1 amide bonds. The molecule has 1 saturated heterocycles. The van der Waals surface area contributed by atoms with E-state index in [2.05, 4.69) is 34.5 Å². The SMILES string of the molecule is CC1(C(N)=O)CCN(c2ccccc2CNC2CC2)C1. The quantitative estimate of drug-likeness (QED) is 0.857. The predicted octanol–water partition coefficient (Wildman–Crippen LogP) is 1.64. The van der Waals surface area contributed by atoms with Crippen LogP contribution in [0.2, 0.25) is 0 Å². The maximum absolute atomic E-state index is 11.6. The van der Waals surface area contributed by atoms with Gasteiger partial charge in [0.15, 0.2) is 0 Å². The molecule has 3 rings (SSSR count). The van der Waals surface area contributed by atoms with Crippen LogP contribution in [0.5, 0.6) is 0 Å². The fourth-order valence-corrected chi connectivity index (χ4v) is 2.88. The van der Waals surface area contributed by atoms with Crippen LogP contribution in [0.3, 0.4) is 0 Å². The number of para-hydroxylation sites is 1. The van der Waals surface area contributed by atoms with Crippen molar-refractivity contribution in [1.82, 2.24) is 5.32 Å². The van der Waals surface area contributed by atoms with Crippen LogP contribution in [-0.2, 0) is 11.3 Å². The van der Waals surface area contributed by atoms with Crippen molar-refractivity contribution in [1.29, 1.82) is 0 Å². The fraction of sp³-hybridized carbons (Fsp3) is 0.562. The van der Waals surface area contributed by atoms with Gasteiger partial charge < -0.3 is 16.0 Å². The highest BCUT2D eigenvalue weighted by Crippen LogP contribution is 2.34. The first-order valence-corrected chi connectivity index (χ1v) is 7.45. The van der Waals surface area contributed by atoms with Gasteiger partial charge in [-0.1, -0.05) is 18.2 Å². The number of benzene rings is 1. The zero-order chi connectivity index (χ0) is 14.2. The highest BCUT2D eigenvalue weighted by atomic mass is 16.1. The smallest absolute Gasteiger partial charge is 0.225 e. The molecule has 20 heavy (non-hydrogen) atoms. The van der Waals surface area contributed by atoms with E-state index in [1.54, 1.807) is 0 Å². The highest BCUT2D eigenvalue weighted by Gasteiger charge is 2.39. The molecule has 1 atom stereocenters. The van der Waals surface area contributed by atoms with Crippen molar-refractivity contribution in [3.8, 4) is 0 Å². The van der Waals surface area contributed by atoms with Gasteiger partial charge in [0.1, 0.15) is 0 Å². The molecule has 1 saturated carbocycles. The molecule has 0 bridgehead atoms. The summed E-state index contributed by atoms with van der Waals surface area (Å²) in [6, 6.07) is 9.17. The maximum atomic E-state index is 11.6. The third kappa shape index (κ3) is 2.66. The molecule has 1 heterocycles. The largest absolute Gasteiger partial charge is 0.370 e. The Kier molecular flexibility index (Phi) is 3.42. The summed E-state index contributed by atoms with van der Waals surface area (Å²) in [6.45, 7) is 4.51. The second kappa shape index (κ2) is 5.09. The molecule has 1 unspecified atom stereocenters. The van der Waals surface area contributed by atoms with Gasteiger partial charge in [-0.3, -0.25) is 4.79 Å². The van der Waals surface area contributed by atoms with Gasteiger partial charge in [0, 0.05) is 31.4 Å². The number of nitrogens with two attached hydrogens (primary N) is 1. The number of anilines is 1. The molecule has 1 aromatic carbocycles. The lowest BCUT2D eigenvalue weighted by atomic mass is 9.89. The standard InChI is InChI=1S/C16H23N3O/c1-16(15(17)20)8-9-19(11-16)14-5-3-2-4-12(14)10-18-13-6-7-13/h2-5,13,18H,6-11H2,1H3,(H2,17,20). The molecule has 0 spiro atoms. The number of hydrogen-bond acceptors (Lipinski definition) is 3. The van der Waals surface area contributed by atoms with Crippen LogP contribution in [-0.4, -0.2) is 25.0 Å². The van der Waals surface area contributed by atoms with Crippen LogP contribution in [0.15, 0.2) is 24.3 Å². The van der Waals surface area contributed by atoms with E-state index in [1.165, 1.54) is 24.1 Å². The molecule has 0 radical (unpaired) electrons. The topological polar surface area (TPSA) is 58.4 Å². The second-order valence-electron chi connectivity index (χ2n) is 6.38. The summed E-state index contributed by atoms with van der Waals surface area (Å²) >= 11 is 0. The van der Waals surface area contributed by atoms with E-state index >= 15 is 0 Å². The lowest BCUT2D eigenvalue weighted by molar-refractivity contribution is -0.125. The van der Waals surface area contributed by atoms with Gasteiger partial charge in [-0.2, -0.15) is 0 Å². The van der Waals surface area contributed by atoms with E-state index < -0.39 is 5.41 Å². The number of nitrogens with one attached hydrogen (secondary N) is 1. The number of carbonyl (C=O) groups excluding carboxylic acids is 1. The van der Waals surface area contributed by atoms with Gasteiger partial charge in [0.2, 0.25) is 5.91 Å². The number of carbonyl (C=O) groups is 1. The Morgan fingerprint density at radius 3 is 2.85 bits per heavy atom. The number of amides is 1. The Bertz CT molecular complexity index is 512. The Morgan fingerprint density at radius 1 is 1.45 bits per heavy atom. The first-order valence-electron chi connectivity index (χ1n) is 7.45. The summed E-state index contributed by atoms with van der Waals surface area (Å²) in [5, 5.41) is 3.56. The van der Waals surface area contributed by atoms with E-state index in [9.17, 15) is 4.79 Å². The van der Waals surface area contributed by atoms with E-state index in [4.69, 9.17) is 5.73 Å². The van der Waals surface area contributed by atoms with Crippen LogP contribution >= 0.6 is 0 Å². The van der Waals surface area contributed by atoms with E-state index in [-0.39, 0.29) is 5.91 Å². The van der Waals surface area contributed by atoms with E-state index in [0.717, 1.165) is 26.1 Å². The van der Waals surface area contributed by atoms with Crippen molar-refractivity contribution >= 4 is 11.6 Å². The third-order valence-electron chi connectivity index (χ3n) is 4.56. The van der Waals surface area contributed by atoms with Crippen LogP contribution in [0, 0.1) is 5.41 Å². The van der Waals surface area contributed by atoms with Gasteiger partial charge in [-0.15, -0.1) is 0 Å². The molecule has 108 valence electrons. The van der Waals surface area contributed by atoms with Gasteiger partial charge >= 0.3 is 0 Å². The molecule has 1 aliphatic carbocycles. The maximum Gasteiger partial charge on any atom is 0.225 e. The second-order valence-corrected chi connectivity index (χ2v) is 6.38. The van der Waals surface area contributed by atoms with Gasteiger partial charge in [0.25, 0.3) is 0 Å². The minimum atomic E-state index is -0.392. The zero-order valence-corrected chi connectivity index (χ0v) is 12.1. The Balaban J connectivity index is 1.74. The van der Waals surface area contributed by atoms with Crippen molar-refractivity contribution in [2.24, 2.45) is 11.1 Å². The van der Waals surface area contributed by atoms with Crippen LogP contribution < -0.4 is 16.0 Å². The minimum absolute atomic E-state index is 0.186. The van der Waals surface area contributed by atoms with Crippen molar-refractivity contribution in [2.45, 2.75) is 38.8 Å². The lowest BCUT2D eigenvalue weighted by Gasteiger charge is -2.24. The first-order chi connectivity index (χ1) is 9.58. The normalized spacial score (nSPS) is 25.9. The monoisotopic (exact) mass is 273 g/mol. The molecule has 2 aliphatic rings. The Hall–Kier alpha value is -1.55. The zero-order valence-electron chi connectivity index (χ0n) is 12.1. The van der Waals surface area contributed by atoms with Gasteiger partial charge in [-0.25, -0.2) is 0 Å². The van der Waals surface area contributed by atoms with Crippen molar-refractivity contribution in [3.05, 3.63) is 29.8 Å². The summed E-state index contributed by atoms with van der Waals surface area (Å²) in [4.78, 5) is 13.9. The minimum Gasteiger partial charge on any atom is -0.370 e. The Morgan fingerprint density at radius 2 is 2.20 bits per heavy atom. The van der Waals surface area contributed by atoms with Gasteiger partial charge in [0.05, 0.1) is 5.41 Å². The summed E-state index contributed by atoms with van der Waals surface area (Å²) in [5.74, 6) is -0.186. The third-order valence-corrected chi connectivity index (χ3v) is 4.56. The van der Waals surface area contributed by atoms with Crippen molar-refractivity contribution in [2.75, 3.05) is 18.0 Å². The molecule has 1 aliphatic heterocycles. The van der Waals surface area contributed by atoms with Crippen molar-refractivity contribution < 1.29 is 4.79 Å². The number of hydrogen-bond donors (Lipinski definition) is 2. The molecular formula is C16H23N3O. The molecule has 4 nitrogen and oxygen atoms in total. The first kappa shape index (κ1) is 13.4. The van der Waals surface area contributed by atoms with Gasteiger partial charge in [-0.05, 0) is 37.8 Å². The summed E-state index contributed by atoms with van der Waals surface area (Å²) in [6.07, 6.45) is 3.43. The molecule has 1 aromatic rings. The van der Waals surface area contributed by atoms with E-state index in [0.29, 0.717) is 6.04 Å². The molecule has 3 N–H and O–H groups in total. The summed E-state index contributed by atoms with van der Waals surface area (Å²) in [5.41, 5.74) is 7.70.